The Labute approximate surface area is 160 Å². The first-order valence-corrected chi connectivity index (χ1v) is 8.00. The van der Waals surface area contributed by atoms with E-state index in [1.807, 2.05) is 12.1 Å². The molecule has 0 radical (unpaired) electrons. The third kappa shape index (κ3) is 6.25. The topological polar surface area (TPSA) is 54.9 Å². The Morgan fingerprint density at radius 2 is 2.00 bits per heavy atom. The van der Waals surface area contributed by atoms with Gasteiger partial charge in [0.25, 0.3) is 0 Å². The van der Waals surface area contributed by atoms with Crippen LogP contribution < -0.4 is 20.1 Å². The van der Waals surface area contributed by atoms with E-state index in [0.29, 0.717) is 42.2 Å². The quantitative estimate of drug-likeness (QED) is 0.407. The molecule has 130 valence electrons. The molecule has 7 heteroatoms. The predicted molar refractivity (Wildman–Crippen MR) is 106 cm³/mol. The van der Waals surface area contributed by atoms with Crippen molar-refractivity contribution in [3.05, 3.63) is 22.7 Å². The van der Waals surface area contributed by atoms with Gasteiger partial charge in [-0.15, -0.1) is 24.0 Å². The molecule has 1 heterocycles. The molecule has 2 rings (SSSR count). The first-order chi connectivity index (χ1) is 10.6. The van der Waals surface area contributed by atoms with E-state index >= 15 is 0 Å². The van der Waals surface area contributed by atoms with E-state index in [1.54, 1.807) is 7.05 Å². The van der Waals surface area contributed by atoms with Crippen LogP contribution in [0.15, 0.2) is 17.1 Å². The van der Waals surface area contributed by atoms with Gasteiger partial charge in [-0.3, -0.25) is 4.99 Å². The Bertz CT molecular complexity index is 538. The standard InChI is InChI=1S/C16H24ClN3O2.HI/c1-11(2)4-5-19-16(18-3)20-10-12-8-13(17)15-14(9-12)21-6-7-22-15;/h8-9,11H,4-7,10H2,1-3H3,(H2,18,19,20);1H. The van der Waals surface area contributed by atoms with Crippen molar-refractivity contribution in [3.8, 4) is 11.5 Å². The highest BCUT2D eigenvalue weighted by Gasteiger charge is 2.16. The molecule has 1 aliphatic heterocycles. The zero-order chi connectivity index (χ0) is 15.9. The number of halogens is 2. The highest BCUT2D eigenvalue weighted by molar-refractivity contribution is 14.0. The van der Waals surface area contributed by atoms with Crippen LogP contribution in [0.4, 0.5) is 0 Å². The fourth-order valence-corrected chi connectivity index (χ4v) is 2.44. The second-order valence-electron chi connectivity index (χ2n) is 5.64. The molecule has 1 aliphatic rings. The van der Waals surface area contributed by atoms with Crippen molar-refractivity contribution in [1.82, 2.24) is 10.6 Å². The second-order valence-corrected chi connectivity index (χ2v) is 6.04. The smallest absolute Gasteiger partial charge is 0.191 e. The molecular weight excluding hydrogens is 429 g/mol. The van der Waals surface area contributed by atoms with Gasteiger partial charge in [-0.2, -0.15) is 0 Å². The summed E-state index contributed by atoms with van der Waals surface area (Å²) in [5.41, 5.74) is 1.03. The lowest BCUT2D eigenvalue weighted by atomic mass is 10.1. The molecule has 1 aromatic rings. The van der Waals surface area contributed by atoms with E-state index in [4.69, 9.17) is 21.1 Å². The van der Waals surface area contributed by atoms with Crippen LogP contribution in [0.1, 0.15) is 25.8 Å². The summed E-state index contributed by atoms with van der Waals surface area (Å²) < 4.78 is 11.1. The fraction of sp³-hybridized carbons (Fsp3) is 0.562. The van der Waals surface area contributed by atoms with Crippen molar-refractivity contribution in [2.45, 2.75) is 26.8 Å². The number of ether oxygens (including phenoxy) is 2. The molecule has 1 aromatic carbocycles. The number of benzene rings is 1. The van der Waals surface area contributed by atoms with Crippen LogP contribution in [0.25, 0.3) is 0 Å². The zero-order valence-corrected chi connectivity index (χ0v) is 16.9. The average Bonchev–Trinajstić information content (AvgIpc) is 2.50. The molecule has 0 saturated heterocycles. The van der Waals surface area contributed by atoms with Crippen LogP contribution in [-0.4, -0.2) is 32.8 Å². The number of fused-ring (bicyclic) bond motifs is 1. The van der Waals surface area contributed by atoms with Crippen LogP contribution in [0.3, 0.4) is 0 Å². The summed E-state index contributed by atoms with van der Waals surface area (Å²) in [6, 6.07) is 3.85. The van der Waals surface area contributed by atoms with E-state index in [0.717, 1.165) is 24.5 Å². The number of hydrogen-bond acceptors (Lipinski definition) is 3. The Morgan fingerprint density at radius 1 is 1.26 bits per heavy atom. The lowest BCUT2D eigenvalue weighted by molar-refractivity contribution is 0.171. The van der Waals surface area contributed by atoms with Gasteiger partial charge in [0.15, 0.2) is 17.5 Å². The van der Waals surface area contributed by atoms with Crippen molar-refractivity contribution in [2.24, 2.45) is 10.9 Å². The first kappa shape index (κ1) is 20.2. The van der Waals surface area contributed by atoms with Gasteiger partial charge >= 0.3 is 0 Å². The van der Waals surface area contributed by atoms with Crippen molar-refractivity contribution in [1.29, 1.82) is 0 Å². The third-order valence-corrected chi connectivity index (χ3v) is 3.64. The molecule has 23 heavy (non-hydrogen) atoms. The Kier molecular flexibility index (Phi) is 8.83. The Hall–Kier alpha value is -0.890. The summed E-state index contributed by atoms with van der Waals surface area (Å²) in [5, 5.41) is 7.16. The molecule has 0 saturated carbocycles. The number of guanidine groups is 1. The SMILES string of the molecule is CN=C(NCCC(C)C)NCc1cc(Cl)c2c(c1)OCCO2.I. The van der Waals surface area contributed by atoms with Crippen LogP contribution in [-0.2, 0) is 6.54 Å². The summed E-state index contributed by atoms with van der Waals surface area (Å²) in [5.74, 6) is 2.79. The Morgan fingerprint density at radius 3 is 2.70 bits per heavy atom. The maximum atomic E-state index is 6.24. The second kappa shape index (κ2) is 10.1. The maximum Gasteiger partial charge on any atom is 0.191 e. The summed E-state index contributed by atoms with van der Waals surface area (Å²) in [6.45, 7) is 7.02. The van der Waals surface area contributed by atoms with Gasteiger partial charge in [-0.1, -0.05) is 25.4 Å². The lowest BCUT2D eigenvalue weighted by Crippen LogP contribution is -2.37. The van der Waals surface area contributed by atoms with Gasteiger partial charge in [0.1, 0.15) is 13.2 Å². The van der Waals surface area contributed by atoms with Gasteiger partial charge < -0.3 is 20.1 Å². The summed E-state index contributed by atoms with van der Waals surface area (Å²) in [7, 11) is 1.77. The fourth-order valence-electron chi connectivity index (χ4n) is 2.15. The molecule has 0 spiro atoms. The number of nitrogens with zero attached hydrogens (tertiary/aromatic N) is 1. The van der Waals surface area contributed by atoms with E-state index in [-0.39, 0.29) is 24.0 Å². The minimum atomic E-state index is 0. The van der Waals surface area contributed by atoms with Crippen molar-refractivity contribution >= 4 is 41.5 Å². The van der Waals surface area contributed by atoms with Gasteiger partial charge in [-0.25, -0.2) is 0 Å². The molecular formula is C16H25ClIN3O2. The van der Waals surface area contributed by atoms with Crippen LogP contribution in [0.5, 0.6) is 11.5 Å². The Balaban J connectivity index is 0.00000264. The van der Waals surface area contributed by atoms with Gasteiger partial charge in [-0.05, 0) is 30.0 Å². The van der Waals surface area contributed by atoms with Gasteiger partial charge in [0.2, 0.25) is 0 Å². The summed E-state index contributed by atoms with van der Waals surface area (Å²) >= 11 is 6.24. The molecule has 0 atom stereocenters. The molecule has 0 aliphatic carbocycles. The number of nitrogens with one attached hydrogen (secondary N) is 2. The minimum Gasteiger partial charge on any atom is -0.486 e. The van der Waals surface area contributed by atoms with Crippen molar-refractivity contribution < 1.29 is 9.47 Å². The minimum absolute atomic E-state index is 0. The van der Waals surface area contributed by atoms with Crippen LogP contribution in [0, 0.1) is 5.92 Å². The number of rotatable bonds is 5. The maximum absolute atomic E-state index is 6.24. The van der Waals surface area contributed by atoms with E-state index in [9.17, 15) is 0 Å². The molecule has 0 amide bonds. The van der Waals surface area contributed by atoms with E-state index in [2.05, 4.69) is 29.5 Å². The van der Waals surface area contributed by atoms with Crippen LogP contribution >= 0.6 is 35.6 Å². The summed E-state index contributed by atoms with van der Waals surface area (Å²) in [4.78, 5) is 4.22. The van der Waals surface area contributed by atoms with Crippen LogP contribution in [0.2, 0.25) is 5.02 Å². The molecule has 0 fully saturated rings. The summed E-state index contributed by atoms with van der Waals surface area (Å²) in [6.07, 6.45) is 1.11. The van der Waals surface area contributed by atoms with Crippen molar-refractivity contribution in [2.75, 3.05) is 26.8 Å². The molecule has 0 bridgehead atoms. The average molecular weight is 454 g/mol. The molecule has 0 aromatic heterocycles. The van der Waals surface area contributed by atoms with Crippen molar-refractivity contribution in [3.63, 3.8) is 0 Å². The zero-order valence-electron chi connectivity index (χ0n) is 13.8. The molecule has 0 unspecified atom stereocenters. The van der Waals surface area contributed by atoms with E-state index < -0.39 is 0 Å². The monoisotopic (exact) mass is 453 g/mol. The highest BCUT2D eigenvalue weighted by Crippen LogP contribution is 2.38. The predicted octanol–water partition coefficient (Wildman–Crippen LogP) is 3.44. The largest absolute Gasteiger partial charge is 0.486 e. The third-order valence-electron chi connectivity index (χ3n) is 3.35. The first-order valence-electron chi connectivity index (χ1n) is 7.62. The van der Waals surface area contributed by atoms with E-state index in [1.165, 1.54) is 0 Å². The molecule has 5 nitrogen and oxygen atoms in total. The highest BCUT2D eigenvalue weighted by atomic mass is 127. The van der Waals surface area contributed by atoms with Gasteiger partial charge in [0, 0.05) is 20.1 Å². The lowest BCUT2D eigenvalue weighted by Gasteiger charge is -2.20. The number of hydrogen-bond donors (Lipinski definition) is 2. The number of aliphatic imine (C=N–C) groups is 1. The molecule has 2 N–H and O–H groups in total. The van der Waals surface area contributed by atoms with Gasteiger partial charge in [0.05, 0.1) is 5.02 Å². The normalized spacial score (nSPS) is 13.5.